The second kappa shape index (κ2) is 13.9. The zero-order chi connectivity index (χ0) is 30.9. The maximum absolute atomic E-state index is 12.5. The summed E-state index contributed by atoms with van der Waals surface area (Å²) >= 11 is 0. The van der Waals surface area contributed by atoms with Crippen LogP contribution in [0.15, 0.2) is 58.8 Å². The summed E-state index contributed by atoms with van der Waals surface area (Å²) in [5.41, 5.74) is -10.7. The predicted octanol–water partition coefficient (Wildman–Crippen LogP) is 5.50. The summed E-state index contributed by atoms with van der Waals surface area (Å²) in [6, 6.07) is 11.9. The standard InChI is InChI=1S/C23H24F6N2O8S2/c1-3-5-21(31-39-41(34,35)23(27,28)29)18-8-12-20(13-9-18)37-15-4-14-36-19-10-6-17(7-11-19)16(2)30-38-40(32,33)22(24,25)26/h6-13H,3-5,14-15H2,1-2H3. The van der Waals surface area contributed by atoms with Gasteiger partial charge in [0.15, 0.2) is 0 Å². The molecule has 0 aliphatic heterocycles. The van der Waals surface area contributed by atoms with Gasteiger partial charge in [0.25, 0.3) is 0 Å². The summed E-state index contributed by atoms with van der Waals surface area (Å²) < 4.78 is 137. The minimum absolute atomic E-state index is 0.00613. The fourth-order valence-corrected chi connectivity index (χ4v) is 3.36. The van der Waals surface area contributed by atoms with Crippen molar-refractivity contribution in [1.82, 2.24) is 0 Å². The number of oxime groups is 2. The van der Waals surface area contributed by atoms with Gasteiger partial charge in [-0.2, -0.15) is 43.2 Å². The summed E-state index contributed by atoms with van der Waals surface area (Å²) in [5, 5.41) is 6.19. The summed E-state index contributed by atoms with van der Waals surface area (Å²) in [7, 11) is -11.7. The molecule has 2 aromatic carbocycles. The van der Waals surface area contributed by atoms with E-state index in [2.05, 4.69) is 18.9 Å². The molecule has 0 atom stereocenters. The third-order valence-electron chi connectivity index (χ3n) is 4.86. The molecule has 0 amide bonds. The number of ether oxygens (including phenoxy) is 2. The Labute approximate surface area is 231 Å². The average Bonchev–Trinajstić information content (AvgIpc) is 2.89. The quantitative estimate of drug-likeness (QED) is 0.0877. The fourth-order valence-electron chi connectivity index (χ4n) is 2.79. The number of nitrogens with zero attached hydrogens (tertiary/aromatic N) is 2. The lowest BCUT2D eigenvalue weighted by atomic mass is 10.1. The van der Waals surface area contributed by atoms with Crippen molar-refractivity contribution in [2.24, 2.45) is 10.3 Å². The number of alkyl halides is 6. The molecule has 18 heteroatoms. The Bertz CT molecular complexity index is 1420. The van der Waals surface area contributed by atoms with Crippen molar-refractivity contribution in [3.63, 3.8) is 0 Å². The molecule has 2 rings (SSSR count). The van der Waals surface area contributed by atoms with E-state index in [-0.39, 0.29) is 31.1 Å². The minimum Gasteiger partial charge on any atom is -0.493 e. The molecule has 10 nitrogen and oxygen atoms in total. The third kappa shape index (κ3) is 10.1. The fraction of sp³-hybridized carbons (Fsp3) is 0.391. The highest BCUT2D eigenvalue weighted by atomic mass is 32.2. The van der Waals surface area contributed by atoms with Gasteiger partial charge in [0, 0.05) is 6.42 Å². The normalized spacial score (nSPS) is 13.6. The molecule has 0 spiro atoms. The van der Waals surface area contributed by atoms with Crippen molar-refractivity contribution in [1.29, 1.82) is 0 Å². The predicted molar refractivity (Wildman–Crippen MR) is 134 cm³/mol. The number of hydrogen-bond donors (Lipinski definition) is 0. The van der Waals surface area contributed by atoms with E-state index in [1.54, 1.807) is 6.92 Å². The molecule has 0 saturated heterocycles. The van der Waals surface area contributed by atoms with E-state index in [9.17, 15) is 43.2 Å². The van der Waals surface area contributed by atoms with Gasteiger partial charge in [0.2, 0.25) is 0 Å². The lowest BCUT2D eigenvalue weighted by Crippen LogP contribution is -2.24. The molecular formula is C23H24F6N2O8S2. The van der Waals surface area contributed by atoms with Crippen molar-refractivity contribution in [3.8, 4) is 11.5 Å². The number of benzene rings is 2. The highest BCUT2D eigenvalue weighted by Gasteiger charge is 2.49. The van der Waals surface area contributed by atoms with Crippen molar-refractivity contribution >= 4 is 31.7 Å². The summed E-state index contributed by atoms with van der Waals surface area (Å²) in [6.07, 6.45) is 1.05. The zero-order valence-corrected chi connectivity index (χ0v) is 23.0. The van der Waals surface area contributed by atoms with Crippen LogP contribution in [0.4, 0.5) is 26.3 Å². The molecule has 0 N–H and O–H groups in total. The summed E-state index contributed by atoms with van der Waals surface area (Å²) in [6.45, 7) is 3.42. The van der Waals surface area contributed by atoms with E-state index >= 15 is 0 Å². The second-order valence-electron chi connectivity index (χ2n) is 8.01. The Morgan fingerprint density at radius 2 is 1.12 bits per heavy atom. The molecule has 0 saturated carbocycles. The molecule has 0 aromatic heterocycles. The van der Waals surface area contributed by atoms with E-state index in [0.29, 0.717) is 35.5 Å². The zero-order valence-electron chi connectivity index (χ0n) is 21.4. The highest BCUT2D eigenvalue weighted by Crippen LogP contribution is 2.26. The first-order valence-corrected chi connectivity index (χ1v) is 14.4. The highest BCUT2D eigenvalue weighted by molar-refractivity contribution is 7.87. The van der Waals surface area contributed by atoms with Crippen LogP contribution in [0.25, 0.3) is 0 Å². The maximum Gasteiger partial charge on any atom is 0.536 e. The van der Waals surface area contributed by atoms with Gasteiger partial charge in [-0.15, -0.1) is 0 Å². The van der Waals surface area contributed by atoms with E-state index in [1.165, 1.54) is 55.5 Å². The Balaban J connectivity index is 1.85. The van der Waals surface area contributed by atoms with E-state index in [4.69, 9.17) is 9.47 Å². The van der Waals surface area contributed by atoms with Crippen molar-refractivity contribution in [2.45, 2.75) is 44.1 Å². The van der Waals surface area contributed by atoms with Crippen LogP contribution in [0.2, 0.25) is 0 Å². The van der Waals surface area contributed by atoms with Crippen LogP contribution in [-0.4, -0.2) is 52.5 Å². The van der Waals surface area contributed by atoms with Crippen LogP contribution in [0.1, 0.15) is 44.2 Å². The van der Waals surface area contributed by atoms with Gasteiger partial charge in [0.05, 0.1) is 24.6 Å². The summed E-state index contributed by atoms with van der Waals surface area (Å²) in [4.78, 5) is 0. The average molecular weight is 635 g/mol. The van der Waals surface area contributed by atoms with E-state index in [1.807, 2.05) is 0 Å². The van der Waals surface area contributed by atoms with Crippen LogP contribution < -0.4 is 9.47 Å². The van der Waals surface area contributed by atoms with Gasteiger partial charge in [-0.1, -0.05) is 23.7 Å². The molecule has 228 valence electrons. The number of rotatable bonds is 14. The molecule has 0 aliphatic rings. The van der Waals surface area contributed by atoms with Crippen LogP contribution in [-0.2, 0) is 28.8 Å². The van der Waals surface area contributed by atoms with E-state index < -0.39 is 31.3 Å². The van der Waals surface area contributed by atoms with Gasteiger partial charge < -0.3 is 9.47 Å². The Kier molecular flexibility index (Phi) is 11.4. The summed E-state index contributed by atoms with van der Waals surface area (Å²) in [5.74, 6) is 0.828. The molecule has 41 heavy (non-hydrogen) atoms. The van der Waals surface area contributed by atoms with Gasteiger partial charge in [0.1, 0.15) is 11.5 Å². The van der Waals surface area contributed by atoms with Crippen molar-refractivity contribution < 1.29 is 61.2 Å². The minimum atomic E-state index is -5.87. The first-order chi connectivity index (χ1) is 19.0. The third-order valence-corrected chi connectivity index (χ3v) is 6.53. The molecule has 0 aliphatic carbocycles. The largest absolute Gasteiger partial charge is 0.536 e. The van der Waals surface area contributed by atoms with Crippen LogP contribution in [0.3, 0.4) is 0 Å². The van der Waals surface area contributed by atoms with Gasteiger partial charge in [-0.05, 0) is 73.0 Å². The van der Waals surface area contributed by atoms with Gasteiger partial charge in [-0.3, -0.25) is 8.57 Å². The topological polar surface area (TPSA) is 130 Å². The van der Waals surface area contributed by atoms with Crippen LogP contribution in [0.5, 0.6) is 11.5 Å². The monoisotopic (exact) mass is 634 g/mol. The molecular weight excluding hydrogens is 610 g/mol. The Hall–Kier alpha value is -3.54. The lowest BCUT2D eigenvalue weighted by Gasteiger charge is -2.10. The smallest absolute Gasteiger partial charge is 0.493 e. The Morgan fingerprint density at radius 1 is 0.707 bits per heavy atom. The van der Waals surface area contributed by atoms with Crippen molar-refractivity contribution in [2.75, 3.05) is 13.2 Å². The molecule has 0 heterocycles. The van der Waals surface area contributed by atoms with Crippen LogP contribution >= 0.6 is 0 Å². The van der Waals surface area contributed by atoms with Gasteiger partial charge >= 0.3 is 31.3 Å². The molecule has 0 radical (unpaired) electrons. The number of hydrogen-bond acceptors (Lipinski definition) is 10. The molecule has 0 unspecified atom stereocenters. The lowest BCUT2D eigenvalue weighted by molar-refractivity contribution is -0.0545. The SMILES string of the molecule is CCCC(=NOS(=O)(=O)C(F)(F)F)c1ccc(OCCCOc2ccc(C(C)=NOS(=O)(=O)C(F)(F)F)cc2)cc1. The second-order valence-corrected chi connectivity index (χ2v) is 11.1. The Morgan fingerprint density at radius 3 is 1.54 bits per heavy atom. The molecule has 2 aromatic rings. The van der Waals surface area contributed by atoms with Crippen molar-refractivity contribution in [3.05, 3.63) is 59.7 Å². The molecule has 0 bridgehead atoms. The molecule has 0 fully saturated rings. The van der Waals surface area contributed by atoms with Gasteiger partial charge in [-0.25, -0.2) is 0 Å². The first kappa shape index (κ1) is 33.7. The maximum atomic E-state index is 12.5. The van der Waals surface area contributed by atoms with Crippen LogP contribution in [0, 0.1) is 0 Å². The first-order valence-electron chi connectivity index (χ1n) is 11.5. The number of halogens is 6. The van der Waals surface area contributed by atoms with E-state index in [0.717, 1.165) is 0 Å².